The lowest BCUT2D eigenvalue weighted by Gasteiger charge is -2.47. The van der Waals surface area contributed by atoms with Crippen molar-refractivity contribution in [1.29, 1.82) is 0 Å². The van der Waals surface area contributed by atoms with Crippen molar-refractivity contribution in [2.45, 2.75) is 25.8 Å². The van der Waals surface area contributed by atoms with Crippen LogP contribution >= 0.6 is 0 Å². The number of nitrogens with zero attached hydrogens (tertiary/aromatic N) is 3. The first-order valence-electron chi connectivity index (χ1n) is 4.96. The summed E-state index contributed by atoms with van der Waals surface area (Å²) in [4.78, 5) is 10.7. The van der Waals surface area contributed by atoms with Gasteiger partial charge in [0.1, 0.15) is 0 Å². The van der Waals surface area contributed by atoms with E-state index in [0.717, 1.165) is 31.2 Å². The summed E-state index contributed by atoms with van der Waals surface area (Å²) in [7, 11) is 0. The molecule has 2 rings (SSSR count). The first kappa shape index (κ1) is 9.40. The van der Waals surface area contributed by atoms with Crippen molar-refractivity contribution in [3.05, 3.63) is 18.0 Å². The molecule has 1 fully saturated rings. The number of anilines is 1. The fourth-order valence-corrected chi connectivity index (χ4v) is 1.67. The second-order valence-corrected chi connectivity index (χ2v) is 4.07. The Labute approximate surface area is 84.2 Å². The largest absolute Gasteiger partial charge is 0.337 e. The van der Waals surface area contributed by atoms with Gasteiger partial charge in [-0.15, -0.1) is 0 Å². The first-order chi connectivity index (χ1) is 6.63. The van der Waals surface area contributed by atoms with E-state index in [-0.39, 0.29) is 5.54 Å². The predicted octanol–water partition coefficient (Wildman–Crippen LogP) is 0.713. The molecule has 4 nitrogen and oxygen atoms in total. The van der Waals surface area contributed by atoms with Crippen LogP contribution in [0.5, 0.6) is 0 Å². The maximum atomic E-state index is 6.07. The van der Waals surface area contributed by atoms with Crippen LogP contribution in [0.1, 0.15) is 19.0 Å². The van der Waals surface area contributed by atoms with E-state index < -0.39 is 0 Å². The smallest absolute Gasteiger partial charge is 0.225 e. The molecule has 0 bridgehead atoms. The van der Waals surface area contributed by atoms with Gasteiger partial charge in [0.2, 0.25) is 5.95 Å². The second kappa shape index (κ2) is 3.20. The average molecular weight is 192 g/mol. The van der Waals surface area contributed by atoms with Crippen LogP contribution in [0.4, 0.5) is 5.95 Å². The van der Waals surface area contributed by atoms with Crippen LogP contribution in [0.15, 0.2) is 12.3 Å². The number of nitrogens with two attached hydrogens (primary N) is 1. The fraction of sp³-hybridized carbons (Fsp3) is 0.600. The van der Waals surface area contributed by atoms with Gasteiger partial charge < -0.3 is 10.6 Å². The Bertz CT molecular complexity index is 331. The van der Waals surface area contributed by atoms with Gasteiger partial charge in [0, 0.05) is 25.0 Å². The third-order valence-corrected chi connectivity index (χ3v) is 2.78. The summed E-state index contributed by atoms with van der Waals surface area (Å²) in [6.07, 6.45) is 2.80. The monoisotopic (exact) mass is 192 g/mol. The van der Waals surface area contributed by atoms with Crippen LogP contribution in [-0.4, -0.2) is 28.6 Å². The molecule has 0 amide bonds. The van der Waals surface area contributed by atoms with E-state index in [0.29, 0.717) is 0 Å². The van der Waals surface area contributed by atoms with Gasteiger partial charge in [-0.05, 0) is 19.4 Å². The highest BCUT2D eigenvalue weighted by Crippen LogP contribution is 2.24. The highest BCUT2D eigenvalue weighted by Gasteiger charge is 2.38. The minimum atomic E-state index is -0.0207. The summed E-state index contributed by atoms with van der Waals surface area (Å²) in [6, 6.07) is 1.90. The maximum Gasteiger partial charge on any atom is 0.225 e. The SMILES string of the molecule is CCC1(N)CN(c2nccc(C)n2)C1. The molecule has 1 aliphatic heterocycles. The number of hydrogen-bond donors (Lipinski definition) is 1. The molecular weight excluding hydrogens is 176 g/mol. The van der Waals surface area contributed by atoms with E-state index in [4.69, 9.17) is 5.73 Å². The standard InChI is InChI=1S/C10H16N4/c1-3-10(11)6-14(7-10)9-12-5-4-8(2)13-9/h4-5H,3,6-7,11H2,1-2H3. The van der Waals surface area contributed by atoms with Gasteiger partial charge in [0.25, 0.3) is 0 Å². The van der Waals surface area contributed by atoms with E-state index >= 15 is 0 Å². The molecule has 76 valence electrons. The highest BCUT2D eigenvalue weighted by atomic mass is 15.3. The summed E-state index contributed by atoms with van der Waals surface area (Å²) in [6.45, 7) is 5.83. The molecule has 1 saturated heterocycles. The van der Waals surface area contributed by atoms with Crippen LogP contribution < -0.4 is 10.6 Å². The van der Waals surface area contributed by atoms with E-state index in [1.54, 1.807) is 6.20 Å². The van der Waals surface area contributed by atoms with E-state index in [2.05, 4.69) is 21.8 Å². The van der Waals surface area contributed by atoms with Crippen LogP contribution in [0.25, 0.3) is 0 Å². The fourth-order valence-electron chi connectivity index (χ4n) is 1.67. The number of hydrogen-bond acceptors (Lipinski definition) is 4. The summed E-state index contributed by atoms with van der Waals surface area (Å²) < 4.78 is 0. The molecule has 0 saturated carbocycles. The van der Waals surface area contributed by atoms with Gasteiger partial charge in [0.15, 0.2) is 0 Å². The van der Waals surface area contributed by atoms with Crippen LogP contribution in [-0.2, 0) is 0 Å². The molecule has 0 atom stereocenters. The Hall–Kier alpha value is -1.16. The van der Waals surface area contributed by atoms with E-state index in [9.17, 15) is 0 Å². The van der Waals surface area contributed by atoms with Gasteiger partial charge in [-0.1, -0.05) is 6.92 Å². The minimum absolute atomic E-state index is 0.0207. The van der Waals surface area contributed by atoms with Crippen molar-refractivity contribution in [3.8, 4) is 0 Å². The average Bonchev–Trinajstić information content (AvgIpc) is 2.13. The molecule has 2 N–H and O–H groups in total. The molecule has 1 aromatic rings. The molecule has 14 heavy (non-hydrogen) atoms. The summed E-state index contributed by atoms with van der Waals surface area (Å²) in [5, 5.41) is 0. The lowest BCUT2D eigenvalue weighted by Crippen LogP contribution is -2.67. The summed E-state index contributed by atoms with van der Waals surface area (Å²) in [5.41, 5.74) is 7.05. The van der Waals surface area contributed by atoms with Crippen LogP contribution in [0, 0.1) is 6.92 Å². The molecule has 1 aliphatic rings. The third-order valence-electron chi connectivity index (χ3n) is 2.78. The van der Waals surface area contributed by atoms with Gasteiger partial charge in [-0.25, -0.2) is 9.97 Å². The molecule has 0 aromatic carbocycles. The van der Waals surface area contributed by atoms with Crippen molar-refractivity contribution in [1.82, 2.24) is 9.97 Å². The molecule has 0 spiro atoms. The van der Waals surface area contributed by atoms with E-state index in [1.807, 2.05) is 13.0 Å². The topological polar surface area (TPSA) is 55.0 Å². The summed E-state index contributed by atoms with van der Waals surface area (Å²) >= 11 is 0. The quantitative estimate of drug-likeness (QED) is 0.750. The zero-order valence-electron chi connectivity index (χ0n) is 8.70. The Kier molecular flexibility index (Phi) is 2.15. The van der Waals surface area contributed by atoms with Crippen molar-refractivity contribution in [2.24, 2.45) is 5.73 Å². The van der Waals surface area contributed by atoms with Gasteiger partial charge in [0.05, 0.1) is 5.54 Å². The number of rotatable bonds is 2. The lowest BCUT2D eigenvalue weighted by molar-refractivity contribution is 0.317. The Morgan fingerprint density at radius 3 is 2.86 bits per heavy atom. The molecular formula is C10H16N4. The Balaban J connectivity index is 2.06. The Morgan fingerprint density at radius 1 is 1.57 bits per heavy atom. The zero-order chi connectivity index (χ0) is 10.2. The summed E-state index contributed by atoms with van der Waals surface area (Å²) in [5.74, 6) is 0.805. The van der Waals surface area contributed by atoms with Crippen molar-refractivity contribution < 1.29 is 0 Å². The second-order valence-electron chi connectivity index (χ2n) is 4.07. The van der Waals surface area contributed by atoms with Crippen molar-refractivity contribution >= 4 is 5.95 Å². The molecule has 1 aromatic heterocycles. The van der Waals surface area contributed by atoms with E-state index in [1.165, 1.54) is 0 Å². The van der Waals surface area contributed by atoms with Crippen LogP contribution in [0.3, 0.4) is 0 Å². The molecule has 0 unspecified atom stereocenters. The maximum absolute atomic E-state index is 6.07. The van der Waals surface area contributed by atoms with Crippen LogP contribution in [0.2, 0.25) is 0 Å². The molecule has 0 radical (unpaired) electrons. The van der Waals surface area contributed by atoms with Gasteiger partial charge in [-0.3, -0.25) is 0 Å². The highest BCUT2D eigenvalue weighted by molar-refractivity contribution is 5.38. The molecule has 4 heteroatoms. The normalized spacial score (nSPS) is 19.2. The van der Waals surface area contributed by atoms with Gasteiger partial charge >= 0.3 is 0 Å². The predicted molar refractivity (Wildman–Crippen MR) is 56.2 cm³/mol. The molecule has 0 aliphatic carbocycles. The lowest BCUT2D eigenvalue weighted by atomic mass is 9.89. The Morgan fingerprint density at radius 2 is 2.29 bits per heavy atom. The van der Waals surface area contributed by atoms with Crippen molar-refractivity contribution in [2.75, 3.05) is 18.0 Å². The third kappa shape index (κ3) is 1.57. The zero-order valence-corrected chi connectivity index (χ0v) is 8.70. The number of aromatic nitrogens is 2. The van der Waals surface area contributed by atoms with Crippen molar-refractivity contribution in [3.63, 3.8) is 0 Å². The first-order valence-corrected chi connectivity index (χ1v) is 4.96. The number of aryl methyl sites for hydroxylation is 1. The minimum Gasteiger partial charge on any atom is -0.337 e. The van der Waals surface area contributed by atoms with Gasteiger partial charge in [-0.2, -0.15) is 0 Å². The molecule has 2 heterocycles.